The number of benzene rings is 1. The number of carbonyl (C=O) groups excluding carboxylic acids is 2. The molecule has 0 N–H and O–H groups in total. The second-order valence-electron chi connectivity index (χ2n) is 5.27. The Bertz CT molecular complexity index is 516. The molecule has 0 spiro atoms. The summed E-state index contributed by atoms with van der Waals surface area (Å²) in [7, 11) is 1.59. The maximum Gasteiger partial charge on any atom is 0.242 e. The van der Waals surface area contributed by atoms with Crippen LogP contribution in [0.1, 0.15) is 18.1 Å². The van der Waals surface area contributed by atoms with Crippen LogP contribution < -0.4 is 0 Å². The molecule has 0 saturated carbocycles. The number of hydrogen-bond donors (Lipinski definition) is 0. The van der Waals surface area contributed by atoms with Gasteiger partial charge in [0.1, 0.15) is 0 Å². The first-order valence-corrected chi connectivity index (χ1v) is 7.21. The Morgan fingerprint density at radius 2 is 2.00 bits per heavy atom. The molecule has 0 radical (unpaired) electrons. The summed E-state index contributed by atoms with van der Waals surface area (Å²) < 4.78 is 4.98. The fourth-order valence-electron chi connectivity index (χ4n) is 2.52. The second kappa shape index (κ2) is 7.22. The highest BCUT2D eigenvalue weighted by molar-refractivity contribution is 5.84. The quantitative estimate of drug-likeness (QED) is 0.815. The topological polar surface area (TPSA) is 49.9 Å². The van der Waals surface area contributed by atoms with Crippen molar-refractivity contribution in [1.82, 2.24) is 9.80 Å². The van der Waals surface area contributed by atoms with E-state index in [1.165, 1.54) is 23.0 Å². The van der Waals surface area contributed by atoms with Gasteiger partial charge in [-0.05, 0) is 17.5 Å². The summed E-state index contributed by atoms with van der Waals surface area (Å²) in [5, 5.41) is 0. The van der Waals surface area contributed by atoms with E-state index in [0.717, 1.165) is 6.42 Å². The summed E-state index contributed by atoms with van der Waals surface area (Å²) >= 11 is 0. The maximum absolute atomic E-state index is 12.4. The Labute approximate surface area is 125 Å². The minimum atomic E-state index is -0.0993. The molecule has 0 bridgehead atoms. The van der Waals surface area contributed by atoms with Crippen molar-refractivity contribution in [1.29, 1.82) is 0 Å². The highest BCUT2D eigenvalue weighted by Gasteiger charge is 2.22. The van der Waals surface area contributed by atoms with Gasteiger partial charge in [-0.15, -0.1) is 0 Å². The van der Waals surface area contributed by atoms with E-state index >= 15 is 0 Å². The molecular weight excluding hydrogens is 268 g/mol. The van der Waals surface area contributed by atoms with Crippen LogP contribution in [0.25, 0.3) is 0 Å². The molecule has 1 aromatic rings. The van der Waals surface area contributed by atoms with E-state index in [0.29, 0.717) is 26.2 Å². The van der Waals surface area contributed by atoms with Crippen LogP contribution in [-0.4, -0.2) is 55.0 Å². The summed E-state index contributed by atoms with van der Waals surface area (Å²) in [5.74, 6) is -0.103. The first-order valence-electron chi connectivity index (χ1n) is 7.21. The van der Waals surface area contributed by atoms with Crippen LogP contribution >= 0.6 is 0 Å². The minimum Gasteiger partial charge on any atom is -0.383 e. The Balaban J connectivity index is 1.96. The first-order chi connectivity index (χ1) is 10.1. The van der Waals surface area contributed by atoms with Crippen molar-refractivity contribution >= 4 is 11.8 Å². The lowest BCUT2D eigenvalue weighted by atomic mass is 10.00. The zero-order chi connectivity index (χ0) is 15.2. The normalized spacial score (nSPS) is 13.7. The van der Waals surface area contributed by atoms with Crippen molar-refractivity contribution in [2.24, 2.45) is 0 Å². The van der Waals surface area contributed by atoms with Crippen LogP contribution in [0.2, 0.25) is 0 Å². The van der Waals surface area contributed by atoms with Gasteiger partial charge in [-0.3, -0.25) is 9.59 Å². The van der Waals surface area contributed by atoms with E-state index in [2.05, 4.69) is 12.1 Å². The van der Waals surface area contributed by atoms with E-state index in [1.54, 1.807) is 7.11 Å². The summed E-state index contributed by atoms with van der Waals surface area (Å²) in [6.07, 6.45) is 0.875. The lowest BCUT2D eigenvalue weighted by Crippen LogP contribution is -2.45. The lowest BCUT2D eigenvalue weighted by molar-refractivity contribution is -0.140. The molecule has 0 unspecified atom stereocenters. The molecule has 0 fully saturated rings. The molecule has 1 aromatic carbocycles. The molecule has 0 aliphatic carbocycles. The van der Waals surface area contributed by atoms with Crippen LogP contribution in [-0.2, 0) is 27.3 Å². The molecule has 2 amide bonds. The molecular formula is C16H22N2O3. The van der Waals surface area contributed by atoms with E-state index in [-0.39, 0.29) is 18.4 Å². The van der Waals surface area contributed by atoms with E-state index in [4.69, 9.17) is 4.74 Å². The third-order valence-corrected chi connectivity index (χ3v) is 3.82. The highest BCUT2D eigenvalue weighted by atomic mass is 16.5. The second-order valence-corrected chi connectivity index (χ2v) is 5.27. The minimum absolute atomic E-state index is 0.00388. The number of fused-ring (bicyclic) bond motifs is 1. The predicted octanol–water partition coefficient (Wildman–Crippen LogP) is 1.07. The summed E-state index contributed by atoms with van der Waals surface area (Å²) in [6.45, 7) is 3.84. The number of carbonyl (C=O) groups is 2. The van der Waals surface area contributed by atoms with Crippen molar-refractivity contribution in [2.45, 2.75) is 19.9 Å². The van der Waals surface area contributed by atoms with Crippen molar-refractivity contribution in [3.63, 3.8) is 0 Å². The van der Waals surface area contributed by atoms with Gasteiger partial charge in [-0.2, -0.15) is 0 Å². The van der Waals surface area contributed by atoms with Crippen molar-refractivity contribution in [3.8, 4) is 0 Å². The van der Waals surface area contributed by atoms with Crippen LogP contribution in [0.15, 0.2) is 24.3 Å². The average Bonchev–Trinajstić information content (AvgIpc) is 2.50. The average molecular weight is 290 g/mol. The fraction of sp³-hybridized carbons (Fsp3) is 0.500. The number of hydrogen-bond acceptors (Lipinski definition) is 3. The SMILES string of the molecule is COCCN(CC(=O)N1CCc2ccccc2C1)C(C)=O. The van der Waals surface area contributed by atoms with Crippen LogP contribution in [0.4, 0.5) is 0 Å². The molecule has 114 valence electrons. The zero-order valence-electron chi connectivity index (χ0n) is 12.7. The summed E-state index contributed by atoms with van der Waals surface area (Å²) in [5.41, 5.74) is 2.51. The molecule has 21 heavy (non-hydrogen) atoms. The molecule has 5 heteroatoms. The van der Waals surface area contributed by atoms with Gasteiger partial charge in [0.25, 0.3) is 0 Å². The molecule has 5 nitrogen and oxygen atoms in total. The summed E-state index contributed by atoms with van der Waals surface area (Å²) in [4.78, 5) is 27.3. The number of rotatable bonds is 5. The third kappa shape index (κ3) is 4.04. The van der Waals surface area contributed by atoms with Gasteiger partial charge >= 0.3 is 0 Å². The van der Waals surface area contributed by atoms with Gasteiger partial charge in [0.2, 0.25) is 11.8 Å². The summed E-state index contributed by atoms with van der Waals surface area (Å²) in [6, 6.07) is 8.19. The number of nitrogens with zero attached hydrogens (tertiary/aromatic N) is 2. The molecule has 1 heterocycles. The lowest BCUT2D eigenvalue weighted by Gasteiger charge is -2.31. The zero-order valence-corrected chi connectivity index (χ0v) is 12.7. The third-order valence-electron chi connectivity index (χ3n) is 3.82. The number of ether oxygens (including phenoxy) is 1. The van der Waals surface area contributed by atoms with Crippen LogP contribution in [0.3, 0.4) is 0 Å². The molecule has 0 saturated heterocycles. The van der Waals surface area contributed by atoms with Crippen LogP contribution in [0, 0.1) is 0 Å². The monoisotopic (exact) mass is 290 g/mol. The van der Waals surface area contributed by atoms with Crippen LogP contribution in [0.5, 0.6) is 0 Å². The highest BCUT2D eigenvalue weighted by Crippen LogP contribution is 2.18. The largest absolute Gasteiger partial charge is 0.383 e. The van der Waals surface area contributed by atoms with Gasteiger partial charge in [0, 0.05) is 33.7 Å². The predicted molar refractivity (Wildman–Crippen MR) is 79.7 cm³/mol. The van der Waals surface area contributed by atoms with Gasteiger partial charge in [-0.25, -0.2) is 0 Å². The van der Waals surface area contributed by atoms with E-state index in [9.17, 15) is 9.59 Å². The first kappa shape index (κ1) is 15.5. The Kier molecular flexibility index (Phi) is 5.33. The van der Waals surface area contributed by atoms with Crippen molar-refractivity contribution in [2.75, 3.05) is 33.4 Å². The van der Waals surface area contributed by atoms with Gasteiger partial charge in [0.15, 0.2) is 0 Å². The molecule has 0 atom stereocenters. The van der Waals surface area contributed by atoms with Crippen molar-refractivity contribution < 1.29 is 14.3 Å². The standard InChI is InChI=1S/C16H22N2O3/c1-13(19)17(9-10-21-2)12-16(20)18-8-7-14-5-3-4-6-15(14)11-18/h3-6H,7-12H2,1-2H3. The maximum atomic E-state index is 12.4. The van der Waals surface area contributed by atoms with E-state index in [1.807, 2.05) is 17.0 Å². The van der Waals surface area contributed by atoms with Crippen molar-refractivity contribution in [3.05, 3.63) is 35.4 Å². The molecule has 2 rings (SSSR count). The van der Waals surface area contributed by atoms with E-state index < -0.39 is 0 Å². The Morgan fingerprint density at radius 3 is 2.67 bits per heavy atom. The smallest absolute Gasteiger partial charge is 0.242 e. The Morgan fingerprint density at radius 1 is 1.29 bits per heavy atom. The van der Waals surface area contributed by atoms with Gasteiger partial charge in [0.05, 0.1) is 13.2 Å². The molecule has 0 aromatic heterocycles. The molecule has 1 aliphatic rings. The van der Waals surface area contributed by atoms with Gasteiger partial charge < -0.3 is 14.5 Å². The molecule has 1 aliphatic heterocycles. The van der Waals surface area contributed by atoms with Gasteiger partial charge in [-0.1, -0.05) is 24.3 Å². The number of methoxy groups -OCH3 is 1. The number of amides is 2. The Hall–Kier alpha value is -1.88. The fourth-order valence-corrected chi connectivity index (χ4v) is 2.52.